The quantitative estimate of drug-likeness (QED) is 0.797. The first kappa shape index (κ1) is 15.7. The molecule has 2 aromatic heterocycles. The van der Waals surface area contributed by atoms with Crippen LogP contribution < -0.4 is 11.5 Å². The van der Waals surface area contributed by atoms with Crippen LogP contribution in [0, 0.1) is 3.57 Å². The molecule has 0 aliphatic heterocycles. The summed E-state index contributed by atoms with van der Waals surface area (Å²) in [4.78, 5) is 7.82. The lowest BCUT2D eigenvalue weighted by atomic mass is 10.2. The number of aromatic nitrogens is 2. The van der Waals surface area contributed by atoms with Gasteiger partial charge in [-0.2, -0.15) is 0 Å². The molecule has 0 aliphatic carbocycles. The number of pyridine rings is 2. The van der Waals surface area contributed by atoms with Crippen molar-refractivity contribution in [1.82, 2.24) is 9.97 Å². The van der Waals surface area contributed by atoms with E-state index in [1.165, 1.54) is 14.7 Å². The minimum atomic E-state index is 0.606. The summed E-state index contributed by atoms with van der Waals surface area (Å²) >= 11 is 2.26. The van der Waals surface area contributed by atoms with Crippen LogP contribution in [0.25, 0.3) is 0 Å². The van der Waals surface area contributed by atoms with Gasteiger partial charge in [-0.25, -0.2) is 9.97 Å². The van der Waals surface area contributed by atoms with Crippen LogP contribution in [0.15, 0.2) is 30.6 Å². The van der Waals surface area contributed by atoms with Gasteiger partial charge in [0.05, 0.1) is 0 Å². The van der Waals surface area contributed by atoms with Crippen molar-refractivity contribution in [2.75, 3.05) is 11.5 Å². The zero-order chi connectivity index (χ0) is 14.3. The largest absolute Gasteiger partial charge is 0.384 e. The monoisotopic (exact) mass is 370 g/mol. The van der Waals surface area contributed by atoms with E-state index < -0.39 is 0 Å². The van der Waals surface area contributed by atoms with Crippen LogP contribution >= 0.6 is 22.6 Å². The van der Waals surface area contributed by atoms with E-state index >= 15 is 0 Å². The second-order valence-electron chi connectivity index (χ2n) is 4.00. The molecule has 0 bridgehead atoms. The molecular formula is C14H19IN4. The molecule has 0 radical (unpaired) electrons. The topological polar surface area (TPSA) is 77.8 Å². The molecule has 0 amide bonds. The lowest BCUT2D eigenvalue weighted by Crippen LogP contribution is -1.94. The number of nitrogens with zero attached hydrogens (tertiary/aromatic N) is 2. The number of nitrogens with two attached hydrogens (primary N) is 2. The molecule has 0 saturated heterocycles. The van der Waals surface area contributed by atoms with Gasteiger partial charge in [-0.1, -0.05) is 13.8 Å². The van der Waals surface area contributed by atoms with Crippen molar-refractivity contribution in [3.05, 3.63) is 45.3 Å². The summed E-state index contributed by atoms with van der Waals surface area (Å²) in [5.74, 6) is 1.21. The SMILES string of the molecule is CCc1cc(N)ncc1I.CCc1ccnc(N)c1. The highest BCUT2D eigenvalue weighted by atomic mass is 127. The molecule has 102 valence electrons. The summed E-state index contributed by atoms with van der Waals surface area (Å²) in [6, 6.07) is 5.78. The molecule has 0 atom stereocenters. The molecule has 0 fully saturated rings. The van der Waals surface area contributed by atoms with Crippen LogP contribution in [0.5, 0.6) is 0 Å². The Kier molecular flexibility index (Phi) is 6.55. The van der Waals surface area contributed by atoms with Gasteiger partial charge in [0.2, 0.25) is 0 Å². The normalized spacial score (nSPS) is 9.63. The first-order chi connectivity index (χ1) is 9.06. The van der Waals surface area contributed by atoms with Crippen LogP contribution in [0.3, 0.4) is 0 Å². The fraction of sp³-hybridized carbons (Fsp3) is 0.286. The van der Waals surface area contributed by atoms with Crippen molar-refractivity contribution in [3.63, 3.8) is 0 Å². The first-order valence-electron chi connectivity index (χ1n) is 6.17. The molecule has 0 aliphatic rings. The van der Waals surface area contributed by atoms with Crippen LogP contribution in [0.4, 0.5) is 11.6 Å². The maximum atomic E-state index is 5.49. The molecule has 19 heavy (non-hydrogen) atoms. The summed E-state index contributed by atoms with van der Waals surface area (Å²) in [6.07, 6.45) is 5.57. The predicted octanol–water partition coefficient (Wildman–Crippen LogP) is 3.06. The van der Waals surface area contributed by atoms with E-state index in [2.05, 4.69) is 46.4 Å². The van der Waals surface area contributed by atoms with Gasteiger partial charge >= 0.3 is 0 Å². The van der Waals surface area contributed by atoms with Gasteiger partial charge in [0, 0.05) is 16.0 Å². The summed E-state index contributed by atoms with van der Waals surface area (Å²) in [7, 11) is 0. The molecule has 2 heterocycles. The zero-order valence-corrected chi connectivity index (χ0v) is 13.4. The van der Waals surface area contributed by atoms with E-state index in [0.717, 1.165) is 12.8 Å². The number of rotatable bonds is 2. The summed E-state index contributed by atoms with van der Waals surface area (Å²) in [5.41, 5.74) is 13.4. The predicted molar refractivity (Wildman–Crippen MR) is 88.8 cm³/mol. The average Bonchev–Trinajstić information content (AvgIpc) is 2.42. The third-order valence-electron chi connectivity index (χ3n) is 2.59. The molecule has 2 aromatic rings. The second-order valence-corrected chi connectivity index (χ2v) is 5.16. The Morgan fingerprint density at radius 2 is 1.74 bits per heavy atom. The highest BCUT2D eigenvalue weighted by molar-refractivity contribution is 14.1. The fourth-order valence-electron chi connectivity index (χ4n) is 1.48. The van der Waals surface area contributed by atoms with Crippen molar-refractivity contribution >= 4 is 34.2 Å². The molecule has 0 saturated carbocycles. The maximum absolute atomic E-state index is 5.49. The van der Waals surface area contributed by atoms with Crippen LogP contribution in [0.2, 0.25) is 0 Å². The molecule has 4 nitrogen and oxygen atoms in total. The van der Waals surface area contributed by atoms with E-state index in [9.17, 15) is 0 Å². The fourth-order valence-corrected chi connectivity index (χ4v) is 2.16. The Bertz CT molecular complexity index is 529. The van der Waals surface area contributed by atoms with Crippen LogP contribution in [-0.2, 0) is 12.8 Å². The molecule has 2 rings (SSSR count). The van der Waals surface area contributed by atoms with Crippen LogP contribution in [-0.4, -0.2) is 9.97 Å². The standard InChI is InChI=1S/C7H9IN2.C7H10N2/c1-2-5-3-7(9)10-4-6(5)8;1-2-6-3-4-9-7(8)5-6/h3-4H,2H2,1H3,(H2,9,10);3-5H,2H2,1H3,(H2,8,9). The van der Waals surface area contributed by atoms with E-state index in [1.807, 2.05) is 18.2 Å². The third-order valence-corrected chi connectivity index (χ3v) is 3.56. The Morgan fingerprint density at radius 1 is 1.05 bits per heavy atom. The van der Waals surface area contributed by atoms with E-state index in [1.54, 1.807) is 12.4 Å². The number of aryl methyl sites for hydroxylation is 2. The van der Waals surface area contributed by atoms with Crippen molar-refractivity contribution in [2.45, 2.75) is 26.7 Å². The van der Waals surface area contributed by atoms with Gasteiger partial charge in [0.1, 0.15) is 11.6 Å². The molecule has 0 spiro atoms. The highest BCUT2D eigenvalue weighted by Crippen LogP contribution is 2.13. The number of nitrogen functional groups attached to an aromatic ring is 2. The lowest BCUT2D eigenvalue weighted by Gasteiger charge is -1.99. The maximum Gasteiger partial charge on any atom is 0.123 e. The van der Waals surface area contributed by atoms with Crippen molar-refractivity contribution in [1.29, 1.82) is 0 Å². The van der Waals surface area contributed by atoms with Crippen LogP contribution in [0.1, 0.15) is 25.0 Å². The van der Waals surface area contributed by atoms with Gasteiger partial charge in [-0.3, -0.25) is 0 Å². The zero-order valence-electron chi connectivity index (χ0n) is 11.2. The van der Waals surface area contributed by atoms with E-state index in [4.69, 9.17) is 11.5 Å². The van der Waals surface area contributed by atoms with Gasteiger partial charge < -0.3 is 11.5 Å². The average molecular weight is 370 g/mol. The number of hydrogen-bond donors (Lipinski definition) is 2. The smallest absolute Gasteiger partial charge is 0.123 e. The number of hydrogen-bond acceptors (Lipinski definition) is 4. The van der Waals surface area contributed by atoms with E-state index in [-0.39, 0.29) is 0 Å². The van der Waals surface area contributed by atoms with Gasteiger partial charge in [0.15, 0.2) is 0 Å². The first-order valence-corrected chi connectivity index (χ1v) is 7.25. The molecule has 5 heteroatoms. The molecular weight excluding hydrogens is 351 g/mol. The Balaban J connectivity index is 0.000000191. The van der Waals surface area contributed by atoms with E-state index in [0.29, 0.717) is 11.6 Å². The summed E-state index contributed by atoms with van der Waals surface area (Å²) in [6.45, 7) is 4.20. The minimum absolute atomic E-state index is 0.606. The Labute approximate surface area is 127 Å². The molecule has 0 unspecified atom stereocenters. The second kappa shape index (κ2) is 7.93. The summed E-state index contributed by atoms with van der Waals surface area (Å²) < 4.78 is 1.19. The Morgan fingerprint density at radius 3 is 2.21 bits per heavy atom. The van der Waals surface area contributed by atoms with Gasteiger partial charge in [0.25, 0.3) is 0 Å². The van der Waals surface area contributed by atoms with Crippen molar-refractivity contribution in [2.24, 2.45) is 0 Å². The minimum Gasteiger partial charge on any atom is -0.384 e. The number of anilines is 2. The van der Waals surface area contributed by atoms with Gasteiger partial charge in [-0.05, 0) is 64.8 Å². The Hall–Kier alpha value is -1.37. The summed E-state index contributed by atoms with van der Waals surface area (Å²) in [5, 5.41) is 0. The van der Waals surface area contributed by atoms with Gasteiger partial charge in [-0.15, -0.1) is 0 Å². The highest BCUT2D eigenvalue weighted by Gasteiger charge is 1.96. The van der Waals surface area contributed by atoms with Crippen molar-refractivity contribution in [3.8, 4) is 0 Å². The lowest BCUT2D eigenvalue weighted by molar-refractivity contribution is 1.10. The van der Waals surface area contributed by atoms with Crippen molar-refractivity contribution < 1.29 is 0 Å². The number of halogens is 1. The molecule has 0 aromatic carbocycles. The molecule has 4 N–H and O–H groups in total. The third kappa shape index (κ3) is 5.42.